The van der Waals surface area contributed by atoms with Gasteiger partial charge in [0, 0.05) is 34.6 Å². The Labute approximate surface area is 146 Å². The molecule has 0 spiro atoms. The lowest BCUT2D eigenvalue weighted by Crippen LogP contribution is -1.92. The van der Waals surface area contributed by atoms with Gasteiger partial charge in [0.25, 0.3) is 0 Å². The van der Waals surface area contributed by atoms with E-state index >= 15 is 0 Å². The molecule has 0 radical (unpaired) electrons. The lowest BCUT2D eigenvalue weighted by molar-refractivity contribution is 0.476. The number of aryl methyl sites for hydroxylation is 2. The van der Waals surface area contributed by atoms with E-state index in [-0.39, 0.29) is 5.75 Å². The molecule has 3 nitrogen and oxygen atoms in total. The van der Waals surface area contributed by atoms with Crippen LogP contribution in [0.2, 0.25) is 0 Å². The van der Waals surface area contributed by atoms with E-state index in [0.717, 1.165) is 17.7 Å². The molecule has 0 aliphatic carbocycles. The van der Waals surface area contributed by atoms with Gasteiger partial charge >= 0.3 is 0 Å². The van der Waals surface area contributed by atoms with E-state index in [1.54, 1.807) is 6.07 Å². The third-order valence-corrected chi connectivity index (χ3v) is 4.60. The molecule has 0 aliphatic heterocycles. The first-order valence-electron chi connectivity index (χ1n) is 8.52. The van der Waals surface area contributed by atoms with Crippen molar-refractivity contribution < 1.29 is 5.11 Å². The number of benzene rings is 3. The van der Waals surface area contributed by atoms with Gasteiger partial charge in [-0.25, -0.2) is 0 Å². The third kappa shape index (κ3) is 2.68. The Kier molecular flexibility index (Phi) is 3.77. The van der Waals surface area contributed by atoms with Crippen LogP contribution in [0.1, 0.15) is 18.1 Å². The minimum absolute atomic E-state index is 0.208. The minimum atomic E-state index is 0.208. The Balaban J connectivity index is 1.81. The van der Waals surface area contributed by atoms with Gasteiger partial charge in [-0.2, -0.15) is 0 Å². The first-order valence-corrected chi connectivity index (χ1v) is 8.52. The molecule has 0 fully saturated rings. The van der Waals surface area contributed by atoms with E-state index in [2.05, 4.69) is 58.9 Å². The average Bonchev–Trinajstić information content (AvgIpc) is 2.94. The summed E-state index contributed by atoms with van der Waals surface area (Å²) in [6.07, 6.45) is 1.81. The second-order valence-corrected chi connectivity index (χ2v) is 6.29. The minimum Gasteiger partial charge on any atom is -0.506 e. The molecule has 124 valence electrons. The Bertz CT molecular complexity index is 1110. The van der Waals surface area contributed by atoms with Gasteiger partial charge in [-0.15, -0.1) is 0 Å². The second kappa shape index (κ2) is 6.10. The van der Waals surface area contributed by atoms with Crippen molar-refractivity contribution in [2.75, 3.05) is 0 Å². The number of hydrogen-bond donors (Lipinski definition) is 1. The normalized spacial score (nSPS) is 11.8. The standard InChI is InChI=1S/C22H20N2O/c1-3-24-20-7-5-4-6-17(20)18-13-16(9-11-21(18)24)14-23-19-10-8-15(2)12-22(19)25/h4-14,25H,3H2,1-2H3. The van der Waals surface area contributed by atoms with Crippen molar-refractivity contribution in [3.8, 4) is 5.75 Å². The maximum atomic E-state index is 10.0. The van der Waals surface area contributed by atoms with Crippen molar-refractivity contribution in [2.24, 2.45) is 4.99 Å². The summed E-state index contributed by atoms with van der Waals surface area (Å²) < 4.78 is 2.33. The quantitative estimate of drug-likeness (QED) is 0.490. The molecule has 3 heteroatoms. The van der Waals surface area contributed by atoms with Gasteiger partial charge in [0.1, 0.15) is 11.4 Å². The highest BCUT2D eigenvalue weighted by Crippen LogP contribution is 2.30. The van der Waals surface area contributed by atoms with Gasteiger partial charge in [-0.1, -0.05) is 30.3 Å². The number of phenolic OH excluding ortho intramolecular Hbond substituents is 1. The molecule has 4 rings (SSSR count). The number of para-hydroxylation sites is 1. The largest absolute Gasteiger partial charge is 0.506 e. The van der Waals surface area contributed by atoms with Crippen LogP contribution in [0.25, 0.3) is 21.8 Å². The maximum absolute atomic E-state index is 10.0. The fraction of sp³-hybridized carbons (Fsp3) is 0.136. The maximum Gasteiger partial charge on any atom is 0.141 e. The van der Waals surface area contributed by atoms with Crippen LogP contribution in [-0.4, -0.2) is 15.9 Å². The smallest absolute Gasteiger partial charge is 0.141 e. The molecule has 0 saturated heterocycles. The summed E-state index contributed by atoms with van der Waals surface area (Å²) in [4.78, 5) is 4.45. The number of nitrogens with zero attached hydrogens (tertiary/aromatic N) is 2. The molecule has 1 N–H and O–H groups in total. The van der Waals surface area contributed by atoms with Crippen LogP contribution in [0.4, 0.5) is 5.69 Å². The average molecular weight is 328 g/mol. The molecule has 0 unspecified atom stereocenters. The summed E-state index contributed by atoms with van der Waals surface area (Å²) in [6.45, 7) is 5.06. The first kappa shape index (κ1) is 15.5. The van der Waals surface area contributed by atoms with Gasteiger partial charge < -0.3 is 9.67 Å². The van der Waals surface area contributed by atoms with Crippen molar-refractivity contribution in [1.82, 2.24) is 4.57 Å². The van der Waals surface area contributed by atoms with Gasteiger partial charge in [-0.3, -0.25) is 4.99 Å². The highest BCUT2D eigenvalue weighted by atomic mass is 16.3. The summed E-state index contributed by atoms with van der Waals surface area (Å²) in [7, 11) is 0. The number of fused-ring (bicyclic) bond motifs is 3. The third-order valence-electron chi connectivity index (χ3n) is 4.60. The Morgan fingerprint density at radius 2 is 1.76 bits per heavy atom. The zero-order valence-corrected chi connectivity index (χ0v) is 14.4. The number of aliphatic imine (C=N–C) groups is 1. The van der Waals surface area contributed by atoms with E-state index in [1.807, 2.05) is 25.3 Å². The highest BCUT2D eigenvalue weighted by Gasteiger charge is 2.09. The molecular formula is C22H20N2O. The molecule has 0 amide bonds. The predicted molar refractivity (Wildman–Crippen MR) is 105 cm³/mol. The lowest BCUT2D eigenvalue weighted by Gasteiger charge is -2.03. The van der Waals surface area contributed by atoms with E-state index in [9.17, 15) is 5.11 Å². The number of phenols is 1. The SMILES string of the molecule is CCn1c2ccccc2c2cc(C=Nc3ccc(C)cc3O)ccc21. The second-order valence-electron chi connectivity index (χ2n) is 6.29. The van der Waals surface area contributed by atoms with Gasteiger partial charge in [0.05, 0.1) is 0 Å². The molecule has 25 heavy (non-hydrogen) atoms. The Morgan fingerprint density at radius 1 is 0.960 bits per heavy atom. The molecule has 1 aromatic heterocycles. The van der Waals surface area contributed by atoms with Crippen LogP contribution >= 0.6 is 0 Å². The van der Waals surface area contributed by atoms with Crippen molar-refractivity contribution in [3.63, 3.8) is 0 Å². The highest BCUT2D eigenvalue weighted by molar-refractivity contribution is 6.09. The summed E-state index contributed by atoms with van der Waals surface area (Å²) in [6, 6.07) is 20.4. The van der Waals surface area contributed by atoms with E-state index in [4.69, 9.17) is 0 Å². The van der Waals surface area contributed by atoms with Gasteiger partial charge in [0.15, 0.2) is 0 Å². The van der Waals surface area contributed by atoms with Crippen molar-refractivity contribution in [1.29, 1.82) is 0 Å². The van der Waals surface area contributed by atoms with Gasteiger partial charge in [0.2, 0.25) is 0 Å². The van der Waals surface area contributed by atoms with E-state index in [0.29, 0.717) is 5.69 Å². The van der Waals surface area contributed by atoms with Crippen LogP contribution in [0.15, 0.2) is 65.7 Å². The summed E-state index contributed by atoms with van der Waals surface area (Å²) in [5.41, 5.74) is 5.11. The Morgan fingerprint density at radius 3 is 2.56 bits per heavy atom. The number of aromatic hydroxyl groups is 1. The monoisotopic (exact) mass is 328 g/mol. The van der Waals surface area contributed by atoms with Crippen LogP contribution in [0, 0.1) is 6.92 Å². The molecule has 0 aliphatic rings. The molecular weight excluding hydrogens is 308 g/mol. The molecule has 0 bridgehead atoms. The van der Waals surface area contributed by atoms with Crippen molar-refractivity contribution >= 4 is 33.7 Å². The summed E-state index contributed by atoms with van der Waals surface area (Å²) in [5.74, 6) is 0.208. The van der Waals surface area contributed by atoms with Crippen molar-refractivity contribution in [2.45, 2.75) is 20.4 Å². The number of aromatic nitrogens is 1. The van der Waals surface area contributed by atoms with E-state index in [1.165, 1.54) is 21.8 Å². The number of hydrogen-bond acceptors (Lipinski definition) is 2. The fourth-order valence-electron chi connectivity index (χ4n) is 3.38. The summed E-state index contributed by atoms with van der Waals surface area (Å²) >= 11 is 0. The van der Waals surface area contributed by atoms with Crippen LogP contribution in [-0.2, 0) is 6.54 Å². The fourth-order valence-corrected chi connectivity index (χ4v) is 3.38. The lowest BCUT2D eigenvalue weighted by atomic mass is 10.1. The first-order chi connectivity index (χ1) is 12.2. The molecule has 4 aromatic rings. The predicted octanol–water partition coefficient (Wildman–Crippen LogP) is 5.58. The number of rotatable bonds is 3. The Hall–Kier alpha value is -3.07. The zero-order chi connectivity index (χ0) is 17.4. The molecule has 3 aromatic carbocycles. The van der Waals surface area contributed by atoms with E-state index < -0.39 is 0 Å². The molecule has 0 atom stereocenters. The van der Waals surface area contributed by atoms with Gasteiger partial charge in [-0.05, 0) is 55.3 Å². The topological polar surface area (TPSA) is 37.5 Å². The van der Waals surface area contributed by atoms with Crippen LogP contribution < -0.4 is 0 Å². The van der Waals surface area contributed by atoms with Crippen molar-refractivity contribution in [3.05, 3.63) is 71.8 Å². The molecule has 0 saturated carbocycles. The zero-order valence-electron chi connectivity index (χ0n) is 14.4. The van der Waals surface area contributed by atoms with Crippen LogP contribution in [0.5, 0.6) is 5.75 Å². The van der Waals surface area contributed by atoms with Crippen LogP contribution in [0.3, 0.4) is 0 Å². The summed E-state index contributed by atoms with van der Waals surface area (Å²) in [5, 5.41) is 12.5. The molecule has 1 heterocycles.